The third-order valence-corrected chi connectivity index (χ3v) is 4.87. The summed E-state index contributed by atoms with van der Waals surface area (Å²) in [6.45, 7) is 4.98. The van der Waals surface area contributed by atoms with Crippen molar-refractivity contribution < 1.29 is 4.79 Å². The molecule has 0 fully saturated rings. The van der Waals surface area contributed by atoms with Gasteiger partial charge in [0.1, 0.15) is 5.82 Å². The van der Waals surface area contributed by atoms with Gasteiger partial charge in [0.25, 0.3) is 0 Å². The SMILES string of the molecule is CN=C(NCc1ccc(NC(=O)C(C)C)cc1)N(C)Cc1ncc(-c2ccccc2)[nH]1. The van der Waals surface area contributed by atoms with Crippen LogP contribution in [0.15, 0.2) is 65.8 Å². The van der Waals surface area contributed by atoms with Crippen molar-refractivity contribution in [2.24, 2.45) is 10.9 Å². The van der Waals surface area contributed by atoms with Crippen molar-refractivity contribution in [3.05, 3.63) is 72.2 Å². The first kappa shape index (κ1) is 22.1. The third-order valence-electron chi connectivity index (χ3n) is 4.87. The smallest absolute Gasteiger partial charge is 0.226 e. The highest BCUT2D eigenvalue weighted by Gasteiger charge is 2.10. The number of aromatic nitrogens is 2. The Morgan fingerprint density at radius 3 is 2.48 bits per heavy atom. The van der Waals surface area contributed by atoms with Crippen LogP contribution in [0.3, 0.4) is 0 Å². The number of rotatable bonds is 7. The Morgan fingerprint density at radius 2 is 1.84 bits per heavy atom. The standard InChI is InChI=1S/C24H30N6O/c1-17(2)23(31)28-20-12-10-18(11-13-20)14-27-24(25-3)30(4)16-22-26-15-21(29-22)19-8-6-5-7-9-19/h5-13,15,17H,14,16H2,1-4H3,(H,25,27)(H,26,29)(H,28,31). The minimum atomic E-state index is -0.0434. The lowest BCUT2D eigenvalue weighted by Crippen LogP contribution is -2.38. The van der Waals surface area contributed by atoms with Gasteiger partial charge in [0.05, 0.1) is 18.4 Å². The Hall–Kier alpha value is -3.61. The summed E-state index contributed by atoms with van der Waals surface area (Å²) in [6.07, 6.45) is 1.86. The van der Waals surface area contributed by atoms with Gasteiger partial charge in [-0.1, -0.05) is 56.3 Å². The number of amides is 1. The average Bonchev–Trinajstić information content (AvgIpc) is 3.24. The molecule has 0 saturated heterocycles. The van der Waals surface area contributed by atoms with E-state index >= 15 is 0 Å². The number of guanidine groups is 1. The molecule has 162 valence electrons. The lowest BCUT2D eigenvalue weighted by molar-refractivity contribution is -0.118. The van der Waals surface area contributed by atoms with Gasteiger partial charge in [-0.3, -0.25) is 9.79 Å². The average molecular weight is 419 g/mol. The van der Waals surface area contributed by atoms with E-state index in [0.29, 0.717) is 13.1 Å². The van der Waals surface area contributed by atoms with Crippen molar-refractivity contribution in [2.75, 3.05) is 19.4 Å². The molecule has 0 aliphatic carbocycles. The Labute approximate surface area is 183 Å². The van der Waals surface area contributed by atoms with Gasteiger partial charge < -0.3 is 20.5 Å². The number of nitrogens with zero attached hydrogens (tertiary/aromatic N) is 3. The second-order valence-corrected chi connectivity index (χ2v) is 7.71. The number of nitrogens with one attached hydrogen (secondary N) is 3. The Bertz CT molecular complexity index is 1010. The van der Waals surface area contributed by atoms with Crippen molar-refractivity contribution in [2.45, 2.75) is 26.9 Å². The molecule has 1 heterocycles. The minimum absolute atomic E-state index is 0.0150. The minimum Gasteiger partial charge on any atom is -0.352 e. The molecule has 3 rings (SSSR count). The molecule has 1 amide bonds. The van der Waals surface area contributed by atoms with Crippen LogP contribution in [0.4, 0.5) is 5.69 Å². The van der Waals surface area contributed by atoms with E-state index in [4.69, 9.17) is 0 Å². The normalized spacial score (nSPS) is 11.5. The lowest BCUT2D eigenvalue weighted by Gasteiger charge is -2.21. The summed E-state index contributed by atoms with van der Waals surface area (Å²) in [5.74, 6) is 1.61. The maximum Gasteiger partial charge on any atom is 0.226 e. The van der Waals surface area contributed by atoms with E-state index in [1.54, 1.807) is 7.05 Å². The van der Waals surface area contributed by atoms with Crippen molar-refractivity contribution in [3.63, 3.8) is 0 Å². The van der Waals surface area contributed by atoms with Gasteiger partial charge in [0.15, 0.2) is 5.96 Å². The molecule has 0 atom stereocenters. The Kier molecular flexibility index (Phi) is 7.43. The number of carbonyl (C=O) groups excluding carboxylic acids is 1. The number of aliphatic imine (C=N–C) groups is 1. The molecule has 1 aromatic heterocycles. The third kappa shape index (κ3) is 6.18. The van der Waals surface area contributed by atoms with Crippen molar-refractivity contribution in [3.8, 4) is 11.3 Å². The second-order valence-electron chi connectivity index (χ2n) is 7.71. The van der Waals surface area contributed by atoms with Crippen LogP contribution in [0.1, 0.15) is 25.2 Å². The highest BCUT2D eigenvalue weighted by Crippen LogP contribution is 2.16. The summed E-state index contributed by atoms with van der Waals surface area (Å²) in [5, 5.41) is 6.27. The number of hydrogen-bond acceptors (Lipinski definition) is 3. The molecular weight excluding hydrogens is 388 g/mol. The summed E-state index contributed by atoms with van der Waals surface area (Å²) in [7, 11) is 3.74. The van der Waals surface area contributed by atoms with Gasteiger partial charge in [0, 0.05) is 32.2 Å². The second kappa shape index (κ2) is 10.4. The molecule has 3 aromatic rings. The Morgan fingerprint density at radius 1 is 1.13 bits per heavy atom. The molecule has 0 aliphatic heterocycles. The van der Waals surface area contributed by atoms with Gasteiger partial charge in [-0.15, -0.1) is 0 Å². The van der Waals surface area contributed by atoms with Crippen LogP contribution in [-0.2, 0) is 17.9 Å². The highest BCUT2D eigenvalue weighted by atomic mass is 16.1. The van der Waals surface area contributed by atoms with Crippen molar-refractivity contribution in [1.29, 1.82) is 0 Å². The number of anilines is 1. The van der Waals surface area contributed by atoms with E-state index in [0.717, 1.165) is 34.3 Å². The quantitative estimate of drug-likeness (QED) is 0.402. The molecule has 0 bridgehead atoms. The van der Waals surface area contributed by atoms with Crippen LogP contribution < -0.4 is 10.6 Å². The van der Waals surface area contributed by atoms with E-state index in [9.17, 15) is 4.79 Å². The van der Waals surface area contributed by atoms with Crippen molar-refractivity contribution in [1.82, 2.24) is 20.2 Å². The molecule has 7 heteroatoms. The van der Waals surface area contributed by atoms with Gasteiger partial charge in [0.2, 0.25) is 5.91 Å². The summed E-state index contributed by atoms with van der Waals surface area (Å²) in [5.41, 5.74) is 4.01. The first-order chi connectivity index (χ1) is 15.0. The number of H-pyrrole nitrogens is 1. The maximum absolute atomic E-state index is 11.8. The zero-order chi connectivity index (χ0) is 22.2. The number of carbonyl (C=O) groups is 1. The summed E-state index contributed by atoms with van der Waals surface area (Å²) < 4.78 is 0. The van der Waals surface area contributed by atoms with Gasteiger partial charge in [-0.2, -0.15) is 0 Å². The first-order valence-electron chi connectivity index (χ1n) is 10.4. The van der Waals surface area contributed by atoms with Crippen LogP contribution in [-0.4, -0.2) is 40.8 Å². The van der Waals surface area contributed by atoms with E-state index in [2.05, 4.69) is 37.7 Å². The lowest BCUT2D eigenvalue weighted by atomic mass is 10.1. The van der Waals surface area contributed by atoms with E-state index in [-0.39, 0.29) is 11.8 Å². The van der Waals surface area contributed by atoms with E-state index in [1.165, 1.54) is 0 Å². The molecule has 3 N–H and O–H groups in total. The molecular formula is C24H30N6O. The number of benzene rings is 2. The first-order valence-corrected chi connectivity index (χ1v) is 10.4. The van der Waals surface area contributed by atoms with Crippen LogP contribution >= 0.6 is 0 Å². The summed E-state index contributed by atoms with van der Waals surface area (Å²) in [4.78, 5) is 26.1. The zero-order valence-electron chi connectivity index (χ0n) is 18.5. The largest absolute Gasteiger partial charge is 0.352 e. The Balaban J connectivity index is 1.54. The molecule has 0 saturated carbocycles. The van der Waals surface area contributed by atoms with Gasteiger partial charge in [-0.25, -0.2) is 4.98 Å². The molecule has 2 aromatic carbocycles. The van der Waals surface area contributed by atoms with Crippen molar-refractivity contribution >= 4 is 17.6 Å². The predicted octanol–water partition coefficient (Wildman–Crippen LogP) is 3.88. The summed E-state index contributed by atoms with van der Waals surface area (Å²) in [6, 6.07) is 18.0. The number of hydrogen-bond donors (Lipinski definition) is 3. The predicted molar refractivity (Wildman–Crippen MR) is 126 cm³/mol. The van der Waals surface area contributed by atoms with Crippen LogP contribution in [0.5, 0.6) is 0 Å². The molecule has 0 spiro atoms. The topological polar surface area (TPSA) is 85.4 Å². The van der Waals surface area contributed by atoms with Crippen LogP contribution in [0.2, 0.25) is 0 Å². The molecule has 31 heavy (non-hydrogen) atoms. The van der Waals surface area contributed by atoms with E-state index in [1.807, 2.05) is 74.5 Å². The molecule has 0 aliphatic rings. The summed E-state index contributed by atoms with van der Waals surface area (Å²) >= 11 is 0. The van der Waals surface area contributed by atoms with Gasteiger partial charge >= 0.3 is 0 Å². The fraction of sp³-hybridized carbons (Fsp3) is 0.292. The van der Waals surface area contributed by atoms with E-state index < -0.39 is 0 Å². The number of aromatic amines is 1. The monoisotopic (exact) mass is 418 g/mol. The fourth-order valence-corrected chi connectivity index (χ4v) is 3.07. The van der Waals surface area contributed by atoms with Crippen LogP contribution in [0.25, 0.3) is 11.3 Å². The molecule has 0 unspecified atom stereocenters. The molecule has 0 radical (unpaired) electrons. The number of imidazole rings is 1. The maximum atomic E-state index is 11.8. The fourth-order valence-electron chi connectivity index (χ4n) is 3.07. The van der Waals surface area contributed by atoms with Gasteiger partial charge in [-0.05, 0) is 23.3 Å². The zero-order valence-corrected chi connectivity index (χ0v) is 18.5. The molecule has 7 nitrogen and oxygen atoms in total. The van der Waals surface area contributed by atoms with Crippen LogP contribution in [0, 0.1) is 5.92 Å². The highest BCUT2D eigenvalue weighted by molar-refractivity contribution is 5.92.